The molecule has 0 spiro atoms. The Morgan fingerprint density at radius 2 is 1.76 bits per heavy atom. The van der Waals surface area contributed by atoms with Crippen LogP contribution in [0, 0.1) is 18.0 Å². The van der Waals surface area contributed by atoms with Crippen LogP contribution in [0.4, 0.5) is 13.2 Å². The van der Waals surface area contributed by atoms with Crippen molar-refractivity contribution in [1.29, 1.82) is 0 Å². The van der Waals surface area contributed by atoms with Crippen molar-refractivity contribution in [1.82, 2.24) is 19.5 Å². The van der Waals surface area contributed by atoms with Gasteiger partial charge in [0.1, 0.15) is 0 Å². The number of aryl methyl sites for hydroxylation is 1. The number of halogens is 3. The Balaban J connectivity index is 1.84. The van der Waals surface area contributed by atoms with E-state index in [1.165, 1.54) is 19.2 Å². The van der Waals surface area contributed by atoms with Crippen molar-refractivity contribution >= 4 is 21.9 Å². The molecule has 0 fully saturated rings. The summed E-state index contributed by atoms with van der Waals surface area (Å²) in [5.41, 5.74) is 0.496. The summed E-state index contributed by atoms with van der Waals surface area (Å²) in [6, 6.07) is 11.1. The average Bonchev–Trinajstić information content (AvgIpc) is 3.44. The molecule has 1 N–H and O–H groups in total. The number of likely N-dealkylation sites (N-methyl/N-ethyl adjacent to an activating group) is 1. The van der Waals surface area contributed by atoms with Crippen LogP contribution >= 0.6 is 0 Å². The molecule has 45 heavy (non-hydrogen) atoms. The number of nitrogens with one attached hydrogen (secondary N) is 1. The van der Waals surface area contributed by atoms with Gasteiger partial charge in [0.05, 0.1) is 28.3 Å². The van der Waals surface area contributed by atoms with Crippen molar-refractivity contribution in [2.24, 2.45) is 11.2 Å². The lowest BCUT2D eigenvalue weighted by molar-refractivity contribution is -0.711. The highest BCUT2D eigenvalue weighted by molar-refractivity contribution is 7.90. The number of aromatic nitrogens is 2. The second kappa shape index (κ2) is 14.4. The molecule has 1 amide bonds. The number of carbonyl (C=O) groups excluding carboxylic acids is 2. The Hall–Kier alpha value is -4.67. The number of rotatable bonds is 13. The Morgan fingerprint density at radius 1 is 1.13 bits per heavy atom. The van der Waals surface area contributed by atoms with Crippen LogP contribution in [0.2, 0.25) is 0 Å². The number of nitrogens with zero attached hydrogens (tertiary/aromatic N) is 5. The fraction of sp³-hybridized carbons (Fsp3) is 0.393. The van der Waals surface area contributed by atoms with E-state index < -0.39 is 46.6 Å². The number of ether oxygens (including phenoxy) is 1. The van der Waals surface area contributed by atoms with Gasteiger partial charge in [-0.05, 0) is 49.6 Å². The molecule has 0 unspecified atom stereocenters. The summed E-state index contributed by atoms with van der Waals surface area (Å²) in [7, 11) is -3.30. The Labute approximate surface area is 257 Å². The summed E-state index contributed by atoms with van der Waals surface area (Å²) in [6.07, 6.45) is -4.60. The normalized spacial score (nSPS) is 13.0. The van der Waals surface area contributed by atoms with E-state index in [0.717, 1.165) is 33.5 Å². The Bertz CT molecular complexity index is 1620. The lowest BCUT2D eigenvalue weighted by Gasteiger charge is -2.24. The van der Waals surface area contributed by atoms with Gasteiger partial charge in [0, 0.05) is 12.0 Å². The second-order valence-corrected chi connectivity index (χ2v) is 12.0. The largest absolute Gasteiger partial charge is 0.569 e. The molecule has 17 heteroatoms. The van der Waals surface area contributed by atoms with E-state index in [1.54, 1.807) is 45.0 Å². The zero-order valence-electron chi connectivity index (χ0n) is 25.1. The third kappa shape index (κ3) is 9.17. The van der Waals surface area contributed by atoms with Crippen LogP contribution in [0.5, 0.6) is 0 Å². The fourth-order valence-corrected chi connectivity index (χ4v) is 5.01. The highest BCUT2D eigenvalue weighted by atomic mass is 32.2. The summed E-state index contributed by atoms with van der Waals surface area (Å²) in [6.45, 7) is 6.24. The summed E-state index contributed by atoms with van der Waals surface area (Å²) >= 11 is 0. The number of carbonyl (C=O) groups is 2. The highest BCUT2D eigenvalue weighted by Gasteiger charge is 2.36. The monoisotopic (exact) mass is 654 g/mol. The lowest BCUT2D eigenvalue weighted by Crippen LogP contribution is -2.49. The van der Waals surface area contributed by atoms with Gasteiger partial charge >= 0.3 is 12.1 Å². The van der Waals surface area contributed by atoms with Gasteiger partial charge in [0.2, 0.25) is 5.28 Å². The first-order valence-corrected chi connectivity index (χ1v) is 15.1. The number of alkyl halides is 3. The molecular weight excluding hydrogens is 621 g/mol. The minimum absolute atomic E-state index is 0.0402. The van der Waals surface area contributed by atoms with Crippen molar-refractivity contribution in [2.45, 2.75) is 57.7 Å². The maximum absolute atomic E-state index is 13.5. The SMILES string of the molecule is CCC(=O)OCO/N=[N+](/[O-])N(C)[C@@H](CC(C)C)C(=O)NS(=O)(=O)c1ccc(-n2nc(C(F)(F)F)cc2-c2ccc(C)cc2)cc1. The maximum atomic E-state index is 13.5. The summed E-state index contributed by atoms with van der Waals surface area (Å²) in [5.74, 6) is -1.80. The molecule has 0 radical (unpaired) electrons. The summed E-state index contributed by atoms with van der Waals surface area (Å²) in [5, 5.41) is 20.1. The molecule has 244 valence electrons. The van der Waals surface area contributed by atoms with Crippen molar-refractivity contribution in [2.75, 3.05) is 13.8 Å². The third-order valence-corrected chi connectivity index (χ3v) is 7.74. The number of benzene rings is 2. The minimum atomic E-state index is -4.72. The van der Waals surface area contributed by atoms with Gasteiger partial charge in [0.15, 0.2) is 11.7 Å². The first-order chi connectivity index (χ1) is 21.0. The van der Waals surface area contributed by atoms with Crippen LogP contribution in [0.15, 0.2) is 64.8 Å². The standard InChI is InChI=1S/C28H33F3N6O7S/c1-6-26(38)43-17-44-34-37(40)35(5)24(15-18(2)3)27(39)33-45(41,42)22-13-11-21(12-14-22)36-23(16-25(32-36)28(29,30)31)20-9-7-19(4)8-10-20/h7-14,16,18,24H,6,15,17H2,1-5H3,(H,33,39)/b37-34+/t24-/m0/s1. The minimum Gasteiger partial charge on any atom is -0.569 e. The second-order valence-electron chi connectivity index (χ2n) is 10.3. The average molecular weight is 655 g/mol. The number of amides is 1. The van der Waals surface area contributed by atoms with Crippen LogP contribution in [0.25, 0.3) is 16.9 Å². The van der Waals surface area contributed by atoms with Crippen molar-refractivity contribution < 1.29 is 45.7 Å². The zero-order chi connectivity index (χ0) is 33.5. The van der Waals surface area contributed by atoms with E-state index in [2.05, 4.69) is 20.0 Å². The van der Waals surface area contributed by atoms with Gasteiger partial charge in [-0.2, -0.15) is 18.3 Å². The molecule has 2 aromatic carbocycles. The van der Waals surface area contributed by atoms with Gasteiger partial charge in [-0.15, -0.1) is 5.01 Å². The van der Waals surface area contributed by atoms with Crippen LogP contribution < -0.4 is 4.72 Å². The predicted octanol–water partition coefficient (Wildman–Crippen LogP) is 4.74. The molecule has 0 aliphatic heterocycles. The topological polar surface area (TPSA) is 158 Å². The van der Waals surface area contributed by atoms with Crippen LogP contribution in [-0.2, 0) is 35.4 Å². The fourth-order valence-electron chi connectivity index (χ4n) is 3.99. The molecule has 1 aromatic heterocycles. The van der Waals surface area contributed by atoms with Crippen LogP contribution in [0.1, 0.15) is 44.9 Å². The Kier molecular flexibility index (Phi) is 11.1. The van der Waals surface area contributed by atoms with Gasteiger partial charge < -0.3 is 14.8 Å². The van der Waals surface area contributed by atoms with Crippen LogP contribution in [0.3, 0.4) is 0 Å². The first kappa shape index (κ1) is 34.8. The number of esters is 1. The van der Waals surface area contributed by atoms with Crippen molar-refractivity contribution in [3.63, 3.8) is 0 Å². The first-order valence-electron chi connectivity index (χ1n) is 13.6. The van der Waals surface area contributed by atoms with Gasteiger partial charge in [-0.25, -0.2) is 17.8 Å². The molecule has 0 bridgehead atoms. The van der Waals surface area contributed by atoms with Gasteiger partial charge in [-0.1, -0.05) is 50.6 Å². The zero-order valence-corrected chi connectivity index (χ0v) is 25.9. The molecule has 3 rings (SSSR count). The maximum Gasteiger partial charge on any atom is 0.435 e. The quantitative estimate of drug-likeness (QED) is 0.0686. The van der Waals surface area contributed by atoms with E-state index in [0.29, 0.717) is 5.56 Å². The molecule has 13 nitrogen and oxygen atoms in total. The molecule has 0 aliphatic carbocycles. The van der Waals surface area contributed by atoms with E-state index in [-0.39, 0.29) is 40.0 Å². The molecule has 3 aromatic rings. The summed E-state index contributed by atoms with van der Waals surface area (Å²) in [4.78, 5) is 28.5. The number of sulfonamides is 1. The smallest absolute Gasteiger partial charge is 0.435 e. The molecule has 0 aliphatic rings. The molecule has 1 heterocycles. The summed E-state index contributed by atoms with van der Waals surface area (Å²) < 4.78 is 74.5. The number of hydrazine groups is 1. The van der Waals surface area contributed by atoms with Gasteiger partial charge in [0.25, 0.3) is 22.7 Å². The van der Waals surface area contributed by atoms with Crippen LogP contribution in [-0.4, -0.2) is 59.9 Å². The van der Waals surface area contributed by atoms with E-state index in [4.69, 9.17) is 0 Å². The highest BCUT2D eigenvalue weighted by Crippen LogP contribution is 2.33. The van der Waals surface area contributed by atoms with E-state index in [9.17, 15) is 36.4 Å². The molecule has 0 saturated carbocycles. The molecule has 1 atom stereocenters. The number of hydrogen-bond acceptors (Lipinski definition) is 9. The molecular formula is C28H33F3N6O7S. The van der Waals surface area contributed by atoms with E-state index in [1.807, 2.05) is 11.6 Å². The number of hydrogen-bond donors (Lipinski definition) is 1. The predicted molar refractivity (Wildman–Crippen MR) is 153 cm³/mol. The van der Waals surface area contributed by atoms with Crippen molar-refractivity contribution in [3.8, 4) is 16.9 Å². The lowest BCUT2D eigenvalue weighted by atomic mass is 10.0. The Morgan fingerprint density at radius 3 is 2.31 bits per heavy atom. The molecule has 0 saturated heterocycles. The third-order valence-electron chi connectivity index (χ3n) is 6.38. The van der Waals surface area contributed by atoms with Gasteiger partial charge in [-0.3, -0.25) is 9.59 Å². The van der Waals surface area contributed by atoms with E-state index >= 15 is 0 Å². The van der Waals surface area contributed by atoms with Crippen molar-refractivity contribution in [3.05, 3.63) is 71.1 Å².